The minimum atomic E-state index is -0.986. The topological polar surface area (TPSA) is 65.6 Å². The van der Waals surface area contributed by atoms with Crippen LogP contribution in [0.3, 0.4) is 0 Å². The van der Waals surface area contributed by atoms with Crippen molar-refractivity contribution in [1.29, 1.82) is 0 Å². The van der Waals surface area contributed by atoms with E-state index in [0.29, 0.717) is 18.7 Å². The standard InChI is InChI=1S/C27H29N3O3/c1-25(2)10-12-30-23(31)20-7-6-11-29(20)24(32)27(30,5)15-18-17-13-16-8-9-26(3,4)33-21(16)14-19(17)28-22(18)25/h7-10,12-14,28H,6,11,15H2,1-5H3. The van der Waals surface area contributed by atoms with Crippen LogP contribution in [-0.2, 0) is 21.4 Å². The molecule has 0 bridgehead atoms. The van der Waals surface area contributed by atoms with Crippen molar-refractivity contribution < 1.29 is 14.3 Å². The predicted molar refractivity (Wildman–Crippen MR) is 128 cm³/mol. The molecule has 0 aliphatic carbocycles. The number of allylic oxidation sites excluding steroid dienone is 1. The number of nitrogens with zero attached hydrogens (tertiary/aromatic N) is 2. The Morgan fingerprint density at radius 1 is 1.06 bits per heavy atom. The van der Waals surface area contributed by atoms with Crippen molar-refractivity contribution in [2.45, 2.75) is 64.0 Å². The lowest BCUT2D eigenvalue weighted by Crippen LogP contribution is -2.64. The van der Waals surface area contributed by atoms with E-state index in [2.05, 4.69) is 43.1 Å². The summed E-state index contributed by atoms with van der Waals surface area (Å²) >= 11 is 0. The summed E-state index contributed by atoms with van der Waals surface area (Å²) in [4.78, 5) is 34.1. The second kappa shape index (κ2) is 6.19. The highest BCUT2D eigenvalue weighted by Crippen LogP contribution is 2.44. The molecule has 1 N–H and O–H groups in total. The summed E-state index contributed by atoms with van der Waals surface area (Å²) in [5, 5.41) is 1.07. The number of H-pyrrole nitrogens is 1. The van der Waals surface area contributed by atoms with Crippen molar-refractivity contribution in [3.05, 3.63) is 59.1 Å². The number of hydrogen-bond donors (Lipinski definition) is 1. The summed E-state index contributed by atoms with van der Waals surface area (Å²) in [6.45, 7) is 10.8. The Kier molecular flexibility index (Phi) is 3.81. The molecular weight excluding hydrogens is 414 g/mol. The molecule has 2 amide bonds. The van der Waals surface area contributed by atoms with Crippen LogP contribution < -0.4 is 4.74 Å². The van der Waals surface area contributed by atoms with Gasteiger partial charge in [0.25, 0.3) is 11.8 Å². The normalized spacial score (nSPS) is 26.8. The van der Waals surface area contributed by atoms with Gasteiger partial charge in [-0.1, -0.05) is 32.1 Å². The van der Waals surface area contributed by atoms with Crippen LogP contribution in [-0.4, -0.2) is 44.3 Å². The molecule has 1 aromatic heterocycles. The molecule has 2 aromatic rings. The highest BCUT2D eigenvalue weighted by molar-refractivity contribution is 6.08. The number of nitrogens with one attached hydrogen (secondary N) is 1. The van der Waals surface area contributed by atoms with E-state index < -0.39 is 5.54 Å². The fourth-order valence-electron chi connectivity index (χ4n) is 5.65. The fourth-order valence-corrected chi connectivity index (χ4v) is 5.65. The Morgan fingerprint density at radius 2 is 1.85 bits per heavy atom. The fraction of sp³-hybridized carbons (Fsp3) is 0.407. The first-order valence-corrected chi connectivity index (χ1v) is 11.6. The predicted octanol–water partition coefficient (Wildman–Crippen LogP) is 4.42. The maximum Gasteiger partial charge on any atom is 0.275 e. The molecule has 0 spiro atoms. The Morgan fingerprint density at radius 3 is 2.64 bits per heavy atom. The molecule has 1 aromatic carbocycles. The Balaban J connectivity index is 1.57. The molecule has 1 unspecified atom stereocenters. The first-order valence-electron chi connectivity index (χ1n) is 11.6. The van der Waals surface area contributed by atoms with E-state index in [1.165, 1.54) is 0 Å². The highest BCUT2D eigenvalue weighted by Gasteiger charge is 2.53. The zero-order valence-electron chi connectivity index (χ0n) is 19.8. The van der Waals surface area contributed by atoms with E-state index >= 15 is 0 Å². The maximum atomic E-state index is 13.7. The maximum absolute atomic E-state index is 13.7. The number of amides is 2. The summed E-state index contributed by atoms with van der Waals surface area (Å²) in [7, 11) is 0. The zero-order chi connectivity index (χ0) is 23.3. The number of aromatic amines is 1. The highest BCUT2D eigenvalue weighted by atomic mass is 16.5. The van der Waals surface area contributed by atoms with Crippen LogP contribution in [0.15, 0.2) is 42.3 Å². The second-order valence-corrected chi connectivity index (χ2v) is 11.0. The molecule has 4 aliphatic rings. The number of aromatic nitrogens is 1. The lowest BCUT2D eigenvalue weighted by Gasteiger charge is -2.47. The number of rotatable bonds is 0. The number of benzene rings is 1. The molecule has 170 valence electrons. The molecule has 4 aliphatic heterocycles. The largest absolute Gasteiger partial charge is 0.483 e. The molecule has 6 rings (SSSR count). The number of fused-ring (bicyclic) bond motifs is 6. The van der Waals surface area contributed by atoms with Crippen molar-refractivity contribution >= 4 is 28.8 Å². The van der Waals surface area contributed by atoms with E-state index in [-0.39, 0.29) is 22.8 Å². The number of carbonyl (C=O) groups is 2. The molecule has 0 saturated carbocycles. The summed E-state index contributed by atoms with van der Waals surface area (Å²) in [5.41, 5.74) is 2.99. The lowest BCUT2D eigenvalue weighted by molar-refractivity contribution is -0.154. The quantitative estimate of drug-likeness (QED) is 0.656. The van der Waals surface area contributed by atoms with Gasteiger partial charge in [-0.25, -0.2) is 0 Å². The van der Waals surface area contributed by atoms with Crippen LogP contribution in [0.1, 0.15) is 57.9 Å². The minimum Gasteiger partial charge on any atom is -0.483 e. The van der Waals surface area contributed by atoms with Gasteiger partial charge < -0.3 is 14.6 Å². The smallest absolute Gasteiger partial charge is 0.275 e. The minimum absolute atomic E-state index is 0.0153. The molecule has 1 fully saturated rings. The molecule has 6 nitrogen and oxygen atoms in total. The Labute approximate surface area is 193 Å². The van der Waals surface area contributed by atoms with Crippen LogP contribution in [0.4, 0.5) is 0 Å². The van der Waals surface area contributed by atoms with Gasteiger partial charge in [0.1, 0.15) is 22.6 Å². The van der Waals surface area contributed by atoms with Gasteiger partial charge in [0.15, 0.2) is 0 Å². The van der Waals surface area contributed by atoms with Gasteiger partial charge in [-0.3, -0.25) is 14.5 Å². The van der Waals surface area contributed by atoms with Crippen molar-refractivity contribution in [1.82, 2.24) is 14.8 Å². The number of hydrogen-bond acceptors (Lipinski definition) is 3. The summed E-state index contributed by atoms with van der Waals surface area (Å²) < 4.78 is 6.20. The Bertz CT molecular complexity index is 1340. The van der Waals surface area contributed by atoms with Crippen LogP contribution in [0.25, 0.3) is 17.0 Å². The summed E-state index contributed by atoms with van der Waals surface area (Å²) in [5.74, 6) is 0.737. The second-order valence-electron chi connectivity index (χ2n) is 11.0. The van der Waals surface area contributed by atoms with Crippen LogP contribution in [0.5, 0.6) is 5.75 Å². The van der Waals surface area contributed by atoms with E-state index in [4.69, 9.17) is 4.74 Å². The molecule has 1 atom stereocenters. The number of carbonyl (C=O) groups excluding carboxylic acids is 2. The van der Waals surface area contributed by atoms with Gasteiger partial charge in [-0.2, -0.15) is 0 Å². The first kappa shape index (κ1) is 20.3. The van der Waals surface area contributed by atoms with E-state index in [1.54, 1.807) is 9.80 Å². The molecular formula is C27H29N3O3. The van der Waals surface area contributed by atoms with Crippen LogP contribution in [0.2, 0.25) is 0 Å². The summed E-state index contributed by atoms with van der Waals surface area (Å²) in [6.07, 6.45) is 11.1. The molecule has 5 heterocycles. The van der Waals surface area contributed by atoms with Gasteiger partial charge in [0.05, 0.1) is 0 Å². The van der Waals surface area contributed by atoms with Gasteiger partial charge in [-0.15, -0.1) is 0 Å². The van der Waals surface area contributed by atoms with E-state index in [0.717, 1.165) is 39.9 Å². The third-order valence-electron chi connectivity index (χ3n) is 7.54. The molecule has 33 heavy (non-hydrogen) atoms. The van der Waals surface area contributed by atoms with E-state index in [9.17, 15) is 9.59 Å². The molecule has 1 saturated heterocycles. The Hall–Kier alpha value is -3.28. The zero-order valence-corrected chi connectivity index (χ0v) is 19.8. The summed E-state index contributed by atoms with van der Waals surface area (Å²) in [6, 6.07) is 4.22. The van der Waals surface area contributed by atoms with Crippen molar-refractivity contribution in [3.63, 3.8) is 0 Å². The van der Waals surface area contributed by atoms with Gasteiger partial charge in [0, 0.05) is 52.8 Å². The van der Waals surface area contributed by atoms with Crippen LogP contribution in [0, 0.1) is 0 Å². The van der Waals surface area contributed by atoms with Gasteiger partial charge in [0.2, 0.25) is 0 Å². The third kappa shape index (κ3) is 2.73. The monoisotopic (exact) mass is 443 g/mol. The van der Waals surface area contributed by atoms with E-state index in [1.807, 2.05) is 39.1 Å². The van der Waals surface area contributed by atoms with Crippen LogP contribution >= 0.6 is 0 Å². The average molecular weight is 444 g/mol. The molecule has 6 heteroatoms. The lowest BCUT2D eigenvalue weighted by atomic mass is 9.78. The molecule has 0 radical (unpaired) electrons. The van der Waals surface area contributed by atoms with Crippen molar-refractivity contribution in [2.24, 2.45) is 0 Å². The number of ether oxygens (including phenoxy) is 1. The van der Waals surface area contributed by atoms with Crippen molar-refractivity contribution in [2.75, 3.05) is 6.54 Å². The number of piperazine rings is 1. The SMILES string of the molecule is CC1(C)C=Cc2cc3c4c([nH]c3cc2O1)C(C)(C)C=CN1C(=O)C2=CCCN2C(=O)C1(C)C4. The van der Waals surface area contributed by atoms with Gasteiger partial charge >= 0.3 is 0 Å². The first-order chi connectivity index (χ1) is 15.5. The third-order valence-corrected chi connectivity index (χ3v) is 7.54. The van der Waals surface area contributed by atoms with Gasteiger partial charge in [-0.05, 0) is 44.9 Å². The average Bonchev–Trinajstić information content (AvgIpc) is 3.35. The van der Waals surface area contributed by atoms with Crippen molar-refractivity contribution in [3.8, 4) is 5.75 Å².